The van der Waals surface area contributed by atoms with Gasteiger partial charge in [0.1, 0.15) is 11.9 Å². The predicted octanol–water partition coefficient (Wildman–Crippen LogP) is 0.908. The highest BCUT2D eigenvalue weighted by molar-refractivity contribution is 5.85. The fourth-order valence-electron chi connectivity index (χ4n) is 2.89. The number of carbonyl (C=O) groups is 2. The summed E-state index contributed by atoms with van der Waals surface area (Å²) < 4.78 is 4.81. The molecule has 0 saturated carbocycles. The third kappa shape index (κ3) is 5.42. The molecule has 1 N–H and O–H groups in total. The van der Waals surface area contributed by atoms with Crippen LogP contribution in [0.4, 0.5) is 5.82 Å². The number of amides is 1. The number of aromatic nitrogens is 1. The molecule has 25 heavy (non-hydrogen) atoms. The van der Waals surface area contributed by atoms with Gasteiger partial charge >= 0.3 is 5.97 Å². The van der Waals surface area contributed by atoms with E-state index in [-0.39, 0.29) is 17.8 Å². The summed E-state index contributed by atoms with van der Waals surface area (Å²) in [6.45, 7) is 7.45. The second-order valence-corrected chi connectivity index (χ2v) is 6.41. The van der Waals surface area contributed by atoms with Gasteiger partial charge in [-0.05, 0) is 18.1 Å². The molecule has 0 radical (unpaired) electrons. The maximum absolute atomic E-state index is 12.3. The minimum Gasteiger partial charge on any atom is -0.467 e. The Morgan fingerprint density at radius 1 is 1.28 bits per heavy atom. The van der Waals surface area contributed by atoms with E-state index in [1.807, 2.05) is 32.0 Å². The van der Waals surface area contributed by atoms with Crippen LogP contribution in [-0.4, -0.2) is 67.6 Å². The van der Waals surface area contributed by atoms with Gasteiger partial charge in [-0.2, -0.15) is 0 Å². The summed E-state index contributed by atoms with van der Waals surface area (Å²) in [6, 6.07) is 5.29. The van der Waals surface area contributed by atoms with Crippen LogP contribution >= 0.6 is 0 Å². The zero-order chi connectivity index (χ0) is 18.2. The Kier molecular flexibility index (Phi) is 7.18. The van der Waals surface area contributed by atoms with Gasteiger partial charge in [-0.25, -0.2) is 9.78 Å². The van der Waals surface area contributed by atoms with Gasteiger partial charge in [-0.3, -0.25) is 9.69 Å². The van der Waals surface area contributed by atoms with Gasteiger partial charge in [-0.15, -0.1) is 0 Å². The quantitative estimate of drug-likeness (QED) is 0.738. The highest BCUT2D eigenvalue weighted by atomic mass is 16.5. The van der Waals surface area contributed by atoms with E-state index in [2.05, 4.69) is 20.1 Å². The number of rotatable bonds is 7. The van der Waals surface area contributed by atoms with Crippen molar-refractivity contribution in [2.24, 2.45) is 5.92 Å². The Labute approximate surface area is 149 Å². The van der Waals surface area contributed by atoms with Crippen molar-refractivity contribution in [1.82, 2.24) is 15.2 Å². The molecule has 1 amide bonds. The van der Waals surface area contributed by atoms with Crippen LogP contribution in [0, 0.1) is 5.92 Å². The van der Waals surface area contributed by atoms with Gasteiger partial charge in [0.25, 0.3) is 0 Å². The molecule has 138 valence electrons. The zero-order valence-electron chi connectivity index (χ0n) is 15.3. The fraction of sp³-hybridized carbons (Fsp3) is 0.611. The number of nitrogens with one attached hydrogen (secondary N) is 1. The molecule has 1 aromatic rings. The average Bonchev–Trinajstić information content (AvgIpc) is 2.66. The van der Waals surface area contributed by atoms with E-state index in [1.54, 1.807) is 6.20 Å². The van der Waals surface area contributed by atoms with Crippen LogP contribution in [0.25, 0.3) is 0 Å². The molecule has 0 aliphatic carbocycles. The van der Waals surface area contributed by atoms with Crippen LogP contribution in [-0.2, 0) is 14.3 Å². The number of anilines is 1. The fourth-order valence-corrected chi connectivity index (χ4v) is 2.89. The summed E-state index contributed by atoms with van der Waals surface area (Å²) in [4.78, 5) is 32.9. The number of hydrogen-bond acceptors (Lipinski definition) is 6. The first-order valence-electron chi connectivity index (χ1n) is 8.80. The highest BCUT2D eigenvalue weighted by Gasteiger charge is 2.28. The van der Waals surface area contributed by atoms with Crippen molar-refractivity contribution >= 4 is 17.7 Å². The Bertz CT molecular complexity index is 559. The molecule has 1 aromatic heterocycles. The molecule has 2 atom stereocenters. The topological polar surface area (TPSA) is 74.8 Å². The number of nitrogens with zero attached hydrogens (tertiary/aromatic N) is 3. The molecule has 1 aliphatic rings. The third-order valence-electron chi connectivity index (χ3n) is 4.70. The summed E-state index contributed by atoms with van der Waals surface area (Å²) in [5.74, 6) is 0.483. The highest BCUT2D eigenvalue weighted by Crippen LogP contribution is 2.13. The van der Waals surface area contributed by atoms with Crippen molar-refractivity contribution in [2.45, 2.75) is 26.3 Å². The number of hydrogen-bond donors (Lipinski definition) is 1. The van der Waals surface area contributed by atoms with Gasteiger partial charge < -0.3 is 15.0 Å². The van der Waals surface area contributed by atoms with E-state index in [0.29, 0.717) is 6.54 Å². The monoisotopic (exact) mass is 348 g/mol. The number of carbonyl (C=O) groups excluding carboxylic acids is 2. The second-order valence-electron chi connectivity index (χ2n) is 6.41. The Morgan fingerprint density at radius 3 is 2.56 bits per heavy atom. The molecule has 1 aliphatic heterocycles. The van der Waals surface area contributed by atoms with Crippen molar-refractivity contribution in [3.05, 3.63) is 24.4 Å². The van der Waals surface area contributed by atoms with E-state index in [1.165, 1.54) is 7.11 Å². The lowest BCUT2D eigenvalue weighted by atomic mass is 9.99. The summed E-state index contributed by atoms with van der Waals surface area (Å²) in [6.07, 6.45) is 2.58. The van der Waals surface area contributed by atoms with Crippen LogP contribution in [0.5, 0.6) is 0 Å². The molecule has 1 saturated heterocycles. The molecule has 0 spiro atoms. The van der Waals surface area contributed by atoms with Gasteiger partial charge in [0.15, 0.2) is 0 Å². The summed E-state index contributed by atoms with van der Waals surface area (Å²) in [5.41, 5.74) is 0. The van der Waals surface area contributed by atoms with Crippen molar-refractivity contribution in [1.29, 1.82) is 0 Å². The first-order chi connectivity index (χ1) is 12.0. The van der Waals surface area contributed by atoms with Crippen LogP contribution in [0.2, 0.25) is 0 Å². The third-order valence-corrected chi connectivity index (χ3v) is 4.70. The molecule has 7 nitrogen and oxygen atoms in total. The van der Waals surface area contributed by atoms with E-state index in [0.717, 1.165) is 38.4 Å². The van der Waals surface area contributed by atoms with Crippen molar-refractivity contribution in [2.75, 3.05) is 44.7 Å². The molecule has 0 bridgehead atoms. The number of esters is 1. The number of ether oxygens (including phenoxy) is 1. The number of pyridine rings is 1. The van der Waals surface area contributed by atoms with Crippen molar-refractivity contribution < 1.29 is 14.3 Å². The van der Waals surface area contributed by atoms with Crippen LogP contribution in [0.15, 0.2) is 24.4 Å². The van der Waals surface area contributed by atoms with Crippen LogP contribution in [0.3, 0.4) is 0 Å². The summed E-state index contributed by atoms with van der Waals surface area (Å²) >= 11 is 0. The van der Waals surface area contributed by atoms with E-state index in [4.69, 9.17) is 4.74 Å². The normalized spacial score (nSPS) is 17.6. The standard InChI is InChI=1S/C18H28N4O3/c1-4-14(2)17(18(24)25-3)20-16(23)13-21-9-11-22(12-10-21)15-7-5-6-8-19-15/h5-8,14,17H,4,9-13H2,1-3H3,(H,20,23)/t14-,17-/m0/s1. The van der Waals surface area contributed by atoms with Gasteiger partial charge in [-0.1, -0.05) is 26.3 Å². The van der Waals surface area contributed by atoms with Gasteiger partial charge in [0, 0.05) is 32.4 Å². The maximum atomic E-state index is 12.3. The zero-order valence-corrected chi connectivity index (χ0v) is 15.3. The van der Waals surface area contributed by atoms with Gasteiger partial charge in [0.05, 0.1) is 13.7 Å². The Hall–Kier alpha value is -2.15. The first-order valence-corrected chi connectivity index (χ1v) is 8.80. The lowest BCUT2D eigenvalue weighted by Crippen LogP contribution is -2.52. The molecule has 7 heteroatoms. The van der Waals surface area contributed by atoms with Crippen LogP contribution in [0.1, 0.15) is 20.3 Å². The molecule has 0 aromatic carbocycles. The predicted molar refractivity (Wildman–Crippen MR) is 96.3 cm³/mol. The van der Waals surface area contributed by atoms with Crippen molar-refractivity contribution in [3.8, 4) is 0 Å². The molecular formula is C18H28N4O3. The molecular weight excluding hydrogens is 320 g/mol. The number of methoxy groups -OCH3 is 1. The Morgan fingerprint density at radius 2 is 2.00 bits per heavy atom. The molecule has 1 fully saturated rings. The minimum absolute atomic E-state index is 0.0393. The number of piperazine rings is 1. The van der Waals surface area contributed by atoms with E-state index in [9.17, 15) is 9.59 Å². The van der Waals surface area contributed by atoms with Crippen molar-refractivity contribution in [3.63, 3.8) is 0 Å². The molecule has 2 rings (SSSR count). The largest absolute Gasteiger partial charge is 0.467 e. The smallest absolute Gasteiger partial charge is 0.328 e. The van der Waals surface area contributed by atoms with E-state index >= 15 is 0 Å². The van der Waals surface area contributed by atoms with Gasteiger partial charge in [0.2, 0.25) is 5.91 Å². The Balaban J connectivity index is 1.82. The SMILES string of the molecule is CC[C@H](C)[C@H](NC(=O)CN1CCN(c2ccccn2)CC1)C(=O)OC. The average molecular weight is 348 g/mol. The second kappa shape index (κ2) is 9.36. The lowest BCUT2D eigenvalue weighted by Gasteiger charge is -2.35. The first kappa shape index (κ1) is 19.2. The van der Waals surface area contributed by atoms with E-state index < -0.39 is 6.04 Å². The summed E-state index contributed by atoms with van der Waals surface area (Å²) in [7, 11) is 1.35. The van der Waals surface area contributed by atoms with Crippen LogP contribution < -0.4 is 10.2 Å². The lowest BCUT2D eigenvalue weighted by molar-refractivity contribution is -0.146. The molecule has 2 heterocycles. The maximum Gasteiger partial charge on any atom is 0.328 e. The minimum atomic E-state index is -0.586. The summed E-state index contributed by atoms with van der Waals surface area (Å²) in [5, 5.41) is 2.83. The molecule has 0 unspecified atom stereocenters.